The molecule has 0 aliphatic heterocycles. The van der Waals surface area contributed by atoms with E-state index >= 15 is 0 Å². The minimum atomic E-state index is -0.557. The average molecular weight is 416 g/mol. The van der Waals surface area contributed by atoms with E-state index in [2.05, 4.69) is 5.32 Å². The zero-order valence-electron chi connectivity index (χ0n) is 16.6. The molecule has 0 saturated carbocycles. The van der Waals surface area contributed by atoms with Crippen LogP contribution in [0.25, 0.3) is 0 Å². The molecule has 0 aliphatic rings. The molecule has 0 heterocycles. The predicted molar refractivity (Wildman–Crippen MR) is 113 cm³/mol. The number of nitro benzene ring substituents is 1. The first kappa shape index (κ1) is 22.4. The van der Waals surface area contributed by atoms with Crippen molar-refractivity contribution in [2.75, 3.05) is 11.9 Å². The molecule has 0 bridgehead atoms. The molecule has 1 N–H and O–H groups in total. The molecule has 0 aliphatic carbocycles. The molecule has 29 heavy (non-hydrogen) atoms. The number of benzene rings is 2. The number of anilines is 1. The van der Waals surface area contributed by atoms with Gasteiger partial charge in [-0.1, -0.05) is 32.0 Å². The molecule has 8 heteroatoms. The molecule has 1 amide bonds. The fourth-order valence-electron chi connectivity index (χ4n) is 2.73. The lowest BCUT2D eigenvalue weighted by Crippen LogP contribution is -2.25. The van der Waals surface area contributed by atoms with Crippen LogP contribution in [-0.2, 0) is 27.2 Å². The molecule has 2 aromatic rings. The van der Waals surface area contributed by atoms with Gasteiger partial charge in [-0.2, -0.15) is 0 Å². The Kier molecular flexibility index (Phi) is 8.21. The molecule has 0 spiro atoms. The molecule has 0 fully saturated rings. The van der Waals surface area contributed by atoms with E-state index in [1.807, 2.05) is 32.0 Å². The van der Waals surface area contributed by atoms with Gasteiger partial charge in [-0.05, 0) is 43.0 Å². The number of esters is 1. The number of carbonyl (C=O) groups is 2. The number of hydrogen-bond acceptors (Lipinski definition) is 6. The van der Waals surface area contributed by atoms with Gasteiger partial charge in [0.2, 0.25) is 0 Å². The Labute approximate surface area is 174 Å². The van der Waals surface area contributed by atoms with Crippen LogP contribution in [0.3, 0.4) is 0 Å². The Morgan fingerprint density at radius 1 is 1.10 bits per heavy atom. The summed E-state index contributed by atoms with van der Waals surface area (Å²) in [7, 11) is 0. The van der Waals surface area contributed by atoms with Crippen LogP contribution in [0.2, 0.25) is 0 Å². The van der Waals surface area contributed by atoms with E-state index in [4.69, 9.17) is 4.74 Å². The van der Waals surface area contributed by atoms with Gasteiger partial charge in [0.1, 0.15) is 5.25 Å². The molecular weight excluding hydrogens is 392 g/mol. The second-order valence-electron chi connectivity index (χ2n) is 6.33. The normalized spacial score (nSPS) is 11.6. The highest BCUT2D eigenvalue weighted by molar-refractivity contribution is 8.00. The van der Waals surface area contributed by atoms with Crippen molar-refractivity contribution < 1.29 is 19.2 Å². The van der Waals surface area contributed by atoms with Crippen LogP contribution < -0.4 is 5.32 Å². The van der Waals surface area contributed by atoms with Crippen molar-refractivity contribution in [3.05, 3.63) is 63.7 Å². The third-order valence-corrected chi connectivity index (χ3v) is 5.39. The van der Waals surface area contributed by atoms with Crippen molar-refractivity contribution in [1.82, 2.24) is 0 Å². The highest BCUT2D eigenvalue weighted by Gasteiger charge is 2.19. The first-order valence-electron chi connectivity index (χ1n) is 9.34. The highest BCUT2D eigenvalue weighted by Crippen LogP contribution is 2.26. The molecule has 7 nitrogen and oxygen atoms in total. The van der Waals surface area contributed by atoms with E-state index in [-0.39, 0.29) is 18.2 Å². The number of non-ortho nitro benzene ring substituents is 1. The quantitative estimate of drug-likeness (QED) is 0.282. The van der Waals surface area contributed by atoms with Crippen molar-refractivity contribution in [3.63, 3.8) is 0 Å². The van der Waals surface area contributed by atoms with E-state index in [0.29, 0.717) is 4.90 Å². The summed E-state index contributed by atoms with van der Waals surface area (Å²) in [6, 6.07) is 11.8. The van der Waals surface area contributed by atoms with Crippen LogP contribution in [0.4, 0.5) is 11.4 Å². The number of para-hydroxylation sites is 1. The van der Waals surface area contributed by atoms with E-state index in [0.717, 1.165) is 29.7 Å². The van der Waals surface area contributed by atoms with Gasteiger partial charge in [-0.15, -0.1) is 11.8 Å². The smallest absolute Gasteiger partial charge is 0.319 e. The van der Waals surface area contributed by atoms with Crippen molar-refractivity contribution >= 4 is 35.0 Å². The van der Waals surface area contributed by atoms with Crippen LogP contribution in [0, 0.1) is 10.1 Å². The molecular formula is C21H24N2O5S. The standard InChI is InChI=1S/C21H24N2O5S/c1-4-15-7-6-8-16(5-2)20(15)22-19(24)13-28-21(25)14(3)29-18-11-9-17(10-12-18)23(26)27/h6-12,14H,4-5,13H2,1-3H3,(H,22,24)/t14-/m0/s1. The van der Waals surface area contributed by atoms with Gasteiger partial charge >= 0.3 is 5.97 Å². The van der Waals surface area contributed by atoms with Gasteiger partial charge in [-0.3, -0.25) is 19.7 Å². The number of nitrogens with one attached hydrogen (secondary N) is 1. The van der Waals surface area contributed by atoms with Gasteiger partial charge in [0.05, 0.1) is 4.92 Å². The van der Waals surface area contributed by atoms with E-state index in [1.165, 1.54) is 23.9 Å². The zero-order valence-corrected chi connectivity index (χ0v) is 17.5. The largest absolute Gasteiger partial charge is 0.455 e. The lowest BCUT2D eigenvalue weighted by molar-refractivity contribution is -0.384. The van der Waals surface area contributed by atoms with Gasteiger partial charge in [0.15, 0.2) is 6.61 Å². The molecule has 2 aromatic carbocycles. The lowest BCUT2D eigenvalue weighted by atomic mass is 10.0. The van der Waals surface area contributed by atoms with Crippen molar-refractivity contribution in [2.45, 2.75) is 43.8 Å². The maximum absolute atomic E-state index is 12.3. The molecule has 2 rings (SSSR count). The lowest BCUT2D eigenvalue weighted by Gasteiger charge is -2.15. The summed E-state index contributed by atoms with van der Waals surface area (Å²) < 4.78 is 5.14. The number of aryl methyl sites for hydroxylation is 2. The van der Waals surface area contributed by atoms with E-state index < -0.39 is 16.1 Å². The van der Waals surface area contributed by atoms with Gasteiger partial charge in [0, 0.05) is 22.7 Å². The summed E-state index contributed by atoms with van der Waals surface area (Å²) in [5.41, 5.74) is 2.84. The highest BCUT2D eigenvalue weighted by atomic mass is 32.2. The maximum Gasteiger partial charge on any atom is 0.319 e. The molecule has 0 saturated heterocycles. The van der Waals surface area contributed by atoms with Crippen LogP contribution in [0.15, 0.2) is 47.4 Å². The van der Waals surface area contributed by atoms with Gasteiger partial charge < -0.3 is 10.1 Å². The predicted octanol–water partition coefficient (Wildman–Crippen LogP) is 4.38. The number of nitro groups is 1. The van der Waals surface area contributed by atoms with Crippen molar-refractivity contribution in [3.8, 4) is 0 Å². The Bertz CT molecular complexity index is 861. The molecule has 154 valence electrons. The van der Waals surface area contributed by atoms with E-state index in [9.17, 15) is 19.7 Å². The molecule has 0 unspecified atom stereocenters. The summed E-state index contributed by atoms with van der Waals surface area (Å²) in [4.78, 5) is 35.4. The number of ether oxygens (including phenoxy) is 1. The van der Waals surface area contributed by atoms with E-state index in [1.54, 1.807) is 19.1 Å². The topological polar surface area (TPSA) is 98.5 Å². The minimum absolute atomic E-state index is 0.0138. The zero-order chi connectivity index (χ0) is 21.4. The Morgan fingerprint density at radius 3 is 2.21 bits per heavy atom. The first-order valence-corrected chi connectivity index (χ1v) is 10.2. The molecule has 0 radical (unpaired) electrons. The van der Waals surface area contributed by atoms with Crippen LogP contribution in [-0.4, -0.2) is 28.7 Å². The minimum Gasteiger partial charge on any atom is -0.455 e. The second-order valence-corrected chi connectivity index (χ2v) is 7.74. The number of carbonyl (C=O) groups excluding carboxylic acids is 2. The monoisotopic (exact) mass is 416 g/mol. The average Bonchev–Trinajstić information content (AvgIpc) is 2.72. The SMILES string of the molecule is CCc1cccc(CC)c1NC(=O)COC(=O)[C@H](C)Sc1ccc([N+](=O)[O-])cc1. The number of nitrogens with zero attached hydrogens (tertiary/aromatic N) is 1. The second kappa shape index (κ2) is 10.6. The van der Waals surface area contributed by atoms with Gasteiger partial charge in [-0.25, -0.2) is 0 Å². The van der Waals surface area contributed by atoms with Crippen LogP contribution >= 0.6 is 11.8 Å². The fraction of sp³-hybridized carbons (Fsp3) is 0.333. The Balaban J connectivity index is 1.90. The third kappa shape index (κ3) is 6.32. The Hall–Kier alpha value is -2.87. The summed E-state index contributed by atoms with van der Waals surface area (Å²) in [6.07, 6.45) is 1.57. The van der Waals surface area contributed by atoms with Crippen LogP contribution in [0.5, 0.6) is 0 Å². The summed E-state index contributed by atoms with van der Waals surface area (Å²) in [5, 5.41) is 13.0. The molecule has 0 aromatic heterocycles. The number of rotatable bonds is 9. The van der Waals surface area contributed by atoms with Gasteiger partial charge in [0.25, 0.3) is 11.6 Å². The maximum atomic E-state index is 12.3. The third-order valence-electron chi connectivity index (χ3n) is 4.30. The number of thioether (sulfide) groups is 1. The molecule has 1 atom stereocenters. The number of amides is 1. The fourth-order valence-corrected chi connectivity index (χ4v) is 3.60. The van der Waals surface area contributed by atoms with Crippen LogP contribution in [0.1, 0.15) is 31.9 Å². The summed E-state index contributed by atoms with van der Waals surface area (Å²) >= 11 is 1.21. The number of hydrogen-bond donors (Lipinski definition) is 1. The summed E-state index contributed by atoms with van der Waals surface area (Å²) in [6.45, 7) is 5.32. The van der Waals surface area contributed by atoms with Crippen molar-refractivity contribution in [2.24, 2.45) is 0 Å². The van der Waals surface area contributed by atoms with Crippen molar-refractivity contribution in [1.29, 1.82) is 0 Å². The first-order chi connectivity index (χ1) is 13.8. The Morgan fingerprint density at radius 2 is 1.69 bits per heavy atom. The summed E-state index contributed by atoms with van der Waals surface area (Å²) in [5.74, 6) is -0.913.